The molecule has 7 heteroatoms. The first-order valence-electron chi connectivity index (χ1n) is 15.1. The first kappa shape index (κ1) is 30.5. The molecule has 5 rings (SSSR count). The fourth-order valence-corrected chi connectivity index (χ4v) is 6.02. The number of rotatable bonds is 13. The van der Waals surface area contributed by atoms with Crippen LogP contribution in [0.15, 0.2) is 109 Å². The van der Waals surface area contributed by atoms with Gasteiger partial charge in [0.05, 0.1) is 25.5 Å². The van der Waals surface area contributed by atoms with Crippen molar-refractivity contribution in [1.29, 1.82) is 5.41 Å². The van der Waals surface area contributed by atoms with Crippen molar-refractivity contribution in [2.75, 3.05) is 20.3 Å². The highest BCUT2D eigenvalue weighted by Crippen LogP contribution is 2.32. The van der Waals surface area contributed by atoms with E-state index in [2.05, 4.69) is 48.5 Å². The summed E-state index contributed by atoms with van der Waals surface area (Å²) in [6.07, 6.45) is 2.34. The molecule has 4 aromatic carbocycles. The van der Waals surface area contributed by atoms with E-state index in [9.17, 15) is 9.59 Å². The van der Waals surface area contributed by atoms with Crippen molar-refractivity contribution in [3.63, 3.8) is 0 Å². The van der Waals surface area contributed by atoms with Crippen molar-refractivity contribution in [1.82, 2.24) is 4.90 Å². The number of esters is 1. The topological polar surface area (TPSA) is 106 Å². The van der Waals surface area contributed by atoms with E-state index >= 15 is 0 Å². The maximum absolute atomic E-state index is 13.5. The minimum atomic E-state index is -0.407. The van der Waals surface area contributed by atoms with Crippen LogP contribution in [0.25, 0.3) is 11.1 Å². The Balaban J connectivity index is 1.25. The van der Waals surface area contributed by atoms with Gasteiger partial charge in [0.15, 0.2) is 0 Å². The number of benzene rings is 4. The summed E-state index contributed by atoms with van der Waals surface area (Å²) >= 11 is 0. The van der Waals surface area contributed by atoms with E-state index in [1.807, 2.05) is 65.6 Å². The number of amidine groups is 1. The Hall–Kier alpha value is -4.91. The number of carbonyl (C=O) groups is 2. The average molecular weight is 590 g/mol. The Morgan fingerprint density at radius 1 is 0.886 bits per heavy atom. The molecular weight excluding hydrogens is 550 g/mol. The maximum atomic E-state index is 13.5. The lowest BCUT2D eigenvalue weighted by molar-refractivity contribution is -0.144. The van der Waals surface area contributed by atoms with E-state index in [4.69, 9.17) is 20.6 Å². The zero-order valence-corrected chi connectivity index (χ0v) is 25.0. The quantitative estimate of drug-likeness (QED) is 0.107. The zero-order chi connectivity index (χ0) is 30.9. The van der Waals surface area contributed by atoms with Crippen molar-refractivity contribution in [2.24, 2.45) is 11.7 Å². The summed E-state index contributed by atoms with van der Waals surface area (Å²) in [5.74, 6) is 0.199. The van der Waals surface area contributed by atoms with Crippen LogP contribution in [0.4, 0.5) is 0 Å². The number of ether oxygens (including phenoxy) is 2. The molecular formula is C37H39N3O4. The van der Waals surface area contributed by atoms with Crippen LogP contribution in [0.2, 0.25) is 0 Å². The number of hydrogen-bond donors (Lipinski definition) is 2. The van der Waals surface area contributed by atoms with E-state index in [1.54, 1.807) is 0 Å². The molecule has 1 amide bonds. The zero-order valence-electron chi connectivity index (χ0n) is 25.0. The van der Waals surface area contributed by atoms with Crippen LogP contribution in [0.5, 0.6) is 5.75 Å². The Morgan fingerprint density at radius 3 is 2.00 bits per heavy atom. The summed E-state index contributed by atoms with van der Waals surface area (Å²) in [5, 5.41) is 7.58. The maximum Gasteiger partial charge on any atom is 0.306 e. The number of likely N-dealkylation sites (tertiary alicyclic amines) is 1. The Bertz CT molecular complexity index is 1500. The summed E-state index contributed by atoms with van der Waals surface area (Å²) in [7, 11) is 1.36. The van der Waals surface area contributed by atoms with Gasteiger partial charge in [-0.25, -0.2) is 0 Å². The van der Waals surface area contributed by atoms with Crippen LogP contribution >= 0.6 is 0 Å². The Morgan fingerprint density at radius 2 is 1.45 bits per heavy atom. The van der Waals surface area contributed by atoms with Crippen LogP contribution in [-0.2, 0) is 14.3 Å². The molecule has 3 N–H and O–H groups in total. The van der Waals surface area contributed by atoms with E-state index in [0.717, 1.165) is 24.0 Å². The van der Waals surface area contributed by atoms with Crippen LogP contribution in [-0.4, -0.2) is 48.9 Å². The molecule has 0 spiro atoms. The molecule has 44 heavy (non-hydrogen) atoms. The van der Waals surface area contributed by atoms with Gasteiger partial charge in [0.25, 0.3) is 0 Å². The lowest BCUT2D eigenvalue weighted by Gasteiger charge is -2.26. The van der Waals surface area contributed by atoms with Gasteiger partial charge in [-0.3, -0.25) is 15.0 Å². The highest BCUT2D eigenvalue weighted by Gasteiger charge is 2.40. The molecule has 1 fully saturated rings. The van der Waals surface area contributed by atoms with Crippen molar-refractivity contribution in [2.45, 2.75) is 37.6 Å². The second-order valence-electron chi connectivity index (χ2n) is 11.2. The van der Waals surface area contributed by atoms with Gasteiger partial charge in [-0.1, -0.05) is 97.1 Å². The number of amides is 1. The fourth-order valence-electron chi connectivity index (χ4n) is 6.02. The van der Waals surface area contributed by atoms with Gasteiger partial charge in [0.2, 0.25) is 5.91 Å². The molecule has 1 heterocycles. The normalized spacial score (nSPS) is 16.2. The van der Waals surface area contributed by atoms with Crippen molar-refractivity contribution >= 4 is 17.7 Å². The molecule has 1 saturated heterocycles. The van der Waals surface area contributed by atoms with Crippen LogP contribution in [0, 0.1) is 11.3 Å². The predicted molar refractivity (Wildman–Crippen MR) is 173 cm³/mol. The van der Waals surface area contributed by atoms with Crippen molar-refractivity contribution in [3.05, 3.63) is 126 Å². The van der Waals surface area contributed by atoms with E-state index in [1.165, 1.54) is 18.2 Å². The molecule has 0 bridgehead atoms. The van der Waals surface area contributed by atoms with Gasteiger partial charge >= 0.3 is 5.97 Å². The molecule has 4 aromatic rings. The molecule has 0 saturated carbocycles. The smallest absolute Gasteiger partial charge is 0.306 e. The molecule has 2 atom stereocenters. The summed E-state index contributed by atoms with van der Waals surface area (Å²) in [5.41, 5.74) is 10.8. The standard InChI is InChI=1S/C37H39N3O4/c1-43-35(41)24-31-23-32(25-44-33-20-18-27(19-21-33)26-14-16-30(17-15-26)36(38)39)40(37(31)42)22-8-13-34(28-9-4-2-5-10-28)29-11-6-3-7-12-29/h2-7,9-12,14-21,31-32,34H,8,13,22-25H2,1H3,(H3,38,39)/t31-,32-/m0/s1. The number of nitrogens with two attached hydrogens (primary N) is 1. The molecule has 0 radical (unpaired) electrons. The molecule has 0 unspecified atom stereocenters. The van der Waals surface area contributed by atoms with E-state index < -0.39 is 5.92 Å². The van der Waals surface area contributed by atoms with Crippen molar-refractivity contribution < 1.29 is 19.1 Å². The first-order chi connectivity index (χ1) is 21.4. The molecule has 0 aliphatic carbocycles. The third-order valence-corrected chi connectivity index (χ3v) is 8.39. The summed E-state index contributed by atoms with van der Waals surface area (Å²) in [6.45, 7) is 0.937. The largest absolute Gasteiger partial charge is 0.491 e. The fraction of sp³-hybridized carbons (Fsp3) is 0.270. The summed E-state index contributed by atoms with van der Waals surface area (Å²) < 4.78 is 11.1. The number of nitrogens with zero attached hydrogens (tertiary/aromatic N) is 1. The second-order valence-corrected chi connectivity index (χ2v) is 11.2. The van der Waals surface area contributed by atoms with Crippen molar-refractivity contribution in [3.8, 4) is 16.9 Å². The molecule has 0 aromatic heterocycles. The molecule has 1 aliphatic heterocycles. The average Bonchev–Trinajstić information content (AvgIpc) is 3.36. The highest BCUT2D eigenvalue weighted by atomic mass is 16.5. The minimum Gasteiger partial charge on any atom is -0.491 e. The predicted octanol–water partition coefficient (Wildman–Crippen LogP) is 6.41. The van der Waals surface area contributed by atoms with E-state index in [-0.39, 0.29) is 36.1 Å². The molecule has 7 nitrogen and oxygen atoms in total. The third-order valence-electron chi connectivity index (χ3n) is 8.39. The van der Waals surface area contributed by atoms with Gasteiger partial charge in [0.1, 0.15) is 18.2 Å². The lowest BCUT2D eigenvalue weighted by atomic mass is 9.87. The third kappa shape index (κ3) is 7.53. The number of methoxy groups -OCH3 is 1. The van der Waals surface area contributed by atoms with Crippen LogP contribution < -0.4 is 10.5 Å². The number of nitrogens with one attached hydrogen (secondary N) is 1. The highest BCUT2D eigenvalue weighted by molar-refractivity contribution is 5.95. The van der Waals surface area contributed by atoms with Crippen LogP contribution in [0.3, 0.4) is 0 Å². The Kier molecular flexibility index (Phi) is 10.1. The number of carbonyl (C=O) groups excluding carboxylic acids is 2. The first-order valence-corrected chi connectivity index (χ1v) is 15.1. The number of hydrogen-bond acceptors (Lipinski definition) is 5. The Labute approximate surface area is 259 Å². The number of nitrogen functional groups attached to an aromatic ring is 1. The summed E-state index contributed by atoms with van der Waals surface area (Å²) in [6, 6.07) is 36.2. The minimum absolute atomic E-state index is 0.00988. The molecule has 1 aliphatic rings. The van der Waals surface area contributed by atoms with Gasteiger partial charge in [-0.15, -0.1) is 0 Å². The molecule has 226 valence electrons. The summed E-state index contributed by atoms with van der Waals surface area (Å²) in [4.78, 5) is 27.5. The van der Waals surface area contributed by atoms with E-state index in [0.29, 0.717) is 30.9 Å². The monoisotopic (exact) mass is 589 g/mol. The lowest BCUT2D eigenvalue weighted by Crippen LogP contribution is -2.38. The van der Waals surface area contributed by atoms with Gasteiger partial charge in [0, 0.05) is 18.0 Å². The van der Waals surface area contributed by atoms with Gasteiger partial charge in [-0.2, -0.15) is 0 Å². The van der Waals surface area contributed by atoms with Crippen LogP contribution in [0.1, 0.15) is 48.3 Å². The SMILES string of the molecule is COC(=O)C[C@@H]1C[C@@H](COc2ccc(-c3ccc(C(=N)N)cc3)cc2)N(CCCC(c2ccccc2)c2ccccc2)C1=O. The second kappa shape index (κ2) is 14.5. The van der Waals surface area contributed by atoms with Gasteiger partial charge in [-0.05, 0) is 53.6 Å². The van der Waals surface area contributed by atoms with Gasteiger partial charge < -0.3 is 20.1 Å².